The fraction of sp³-hybridized carbons (Fsp3) is 0.385. The van der Waals surface area contributed by atoms with E-state index < -0.39 is 6.04 Å². The van der Waals surface area contributed by atoms with Crippen LogP contribution in [0.1, 0.15) is 10.4 Å². The lowest BCUT2D eigenvalue weighted by Crippen LogP contribution is -2.63. The van der Waals surface area contributed by atoms with E-state index in [0.29, 0.717) is 38.5 Å². The number of hydrogen-bond donors (Lipinski definition) is 1. The van der Waals surface area contributed by atoms with Crippen molar-refractivity contribution in [1.29, 1.82) is 0 Å². The molecule has 2 N–H and O–H groups in total. The van der Waals surface area contributed by atoms with Gasteiger partial charge in [-0.1, -0.05) is 23.7 Å². The van der Waals surface area contributed by atoms with Crippen LogP contribution in [-0.4, -0.2) is 100 Å². The highest BCUT2D eigenvalue weighted by atomic mass is 35.5. The molecule has 4 heterocycles. The number of piperazine rings is 2. The minimum Gasteiger partial charge on any atom is -0.383 e. The molecule has 0 saturated carbocycles. The maximum absolute atomic E-state index is 13.7. The molecule has 1 aromatic carbocycles. The minimum absolute atomic E-state index is 0.00697. The third kappa shape index (κ3) is 5.93. The first kappa shape index (κ1) is 25.6. The summed E-state index contributed by atoms with van der Waals surface area (Å²) in [5, 5.41) is 0.770. The van der Waals surface area contributed by atoms with Crippen LogP contribution < -0.4 is 5.73 Å². The molecule has 3 aromatic rings. The van der Waals surface area contributed by atoms with Crippen molar-refractivity contribution in [3.05, 3.63) is 57.5 Å². The third-order valence-corrected chi connectivity index (χ3v) is 8.11. The Balaban J connectivity index is 1.35. The molecule has 1 unspecified atom stereocenters. The summed E-state index contributed by atoms with van der Waals surface area (Å²) in [6.07, 6.45) is 5.46. The summed E-state index contributed by atoms with van der Waals surface area (Å²) in [6.45, 7) is 4.63. The third-order valence-electron chi connectivity index (χ3n) is 6.91. The molecule has 2 saturated heterocycles. The van der Waals surface area contributed by atoms with Gasteiger partial charge in [0.15, 0.2) is 0 Å². The highest BCUT2D eigenvalue weighted by Crippen LogP contribution is 2.24. The van der Waals surface area contributed by atoms with Gasteiger partial charge in [0.1, 0.15) is 18.2 Å². The molecule has 2 fully saturated rings. The van der Waals surface area contributed by atoms with Crippen LogP contribution in [0.5, 0.6) is 0 Å². The van der Waals surface area contributed by atoms with Gasteiger partial charge in [-0.25, -0.2) is 9.97 Å². The maximum atomic E-state index is 13.7. The van der Waals surface area contributed by atoms with Crippen LogP contribution in [0.3, 0.4) is 0 Å². The lowest BCUT2D eigenvalue weighted by molar-refractivity contribution is -0.153. The molecule has 194 valence electrons. The molecule has 2 aliphatic rings. The van der Waals surface area contributed by atoms with Gasteiger partial charge in [0.2, 0.25) is 11.8 Å². The number of rotatable bonds is 6. The van der Waals surface area contributed by atoms with Crippen molar-refractivity contribution in [1.82, 2.24) is 29.6 Å². The van der Waals surface area contributed by atoms with Gasteiger partial charge in [-0.2, -0.15) is 0 Å². The van der Waals surface area contributed by atoms with Crippen molar-refractivity contribution >= 4 is 57.5 Å². The van der Waals surface area contributed by atoms with Crippen LogP contribution in [-0.2, 0) is 16.1 Å². The zero-order chi connectivity index (χ0) is 25.9. The summed E-state index contributed by atoms with van der Waals surface area (Å²) >= 11 is 7.54. The molecule has 11 heteroatoms. The number of nitrogens with two attached hydrogens (primary N) is 1. The zero-order valence-corrected chi connectivity index (χ0v) is 22.3. The van der Waals surface area contributed by atoms with Crippen molar-refractivity contribution in [3.8, 4) is 0 Å². The fourth-order valence-corrected chi connectivity index (χ4v) is 5.80. The first-order valence-corrected chi connectivity index (χ1v) is 13.5. The number of amides is 2. The monoisotopic (exact) mass is 539 g/mol. The van der Waals surface area contributed by atoms with Crippen molar-refractivity contribution in [2.24, 2.45) is 0 Å². The number of likely N-dealkylation sites (N-methyl/N-ethyl adjacent to an activating group) is 1. The van der Waals surface area contributed by atoms with Gasteiger partial charge in [0.05, 0.1) is 16.4 Å². The summed E-state index contributed by atoms with van der Waals surface area (Å²) in [6, 6.07) is 8.99. The van der Waals surface area contributed by atoms with Crippen LogP contribution in [0.4, 0.5) is 5.82 Å². The molecule has 2 aromatic heterocycles. The molecule has 2 amide bonds. The van der Waals surface area contributed by atoms with E-state index in [1.54, 1.807) is 4.90 Å². The molecule has 0 radical (unpaired) electrons. The van der Waals surface area contributed by atoms with Gasteiger partial charge >= 0.3 is 0 Å². The smallest absolute Gasteiger partial charge is 0.246 e. The second-order valence-electron chi connectivity index (χ2n) is 9.51. The molecule has 2 aliphatic heterocycles. The summed E-state index contributed by atoms with van der Waals surface area (Å²) in [5.74, 6) is 0.364. The van der Waals surface area contributed by atoms with E-state index in [1.807, 2.05) is 52.3 Å². The standard InChI is InChI=1S/C26H30ClN7O2S/c1-31-9-11-33(12-10-31)26(36)22-15-32(8-2-3-19-5-7-23(27)37-19)16-24(35)34(22)14-18-4-6-20-21(13-18)29-17-30-25(20)28/h2-7,13,17,22H,8-12,14-16H2,1H3,(H2,28,29,30). The van der Waals surface area contributed by atoms with Crippen LogP contribution in [0.15, 0.2) is 42.7 Å². The second-order valence-corrected chi connectivity index (χ2v) is 11.3. The second kappa shape index (κ2) is 11.1. The lowest BCUT2D eigenvalue weighted by Gasteiger charge is -2.43. The van der Waals surface area contributed by atoms with E-state index >= 15 is 0 Å². The summed E-state index contributed by atoms with van der Waals surface area (Å²) in [7, 11) is 2.06. The highest BCUT2D eigenvalue weighted by Gasteiger charge is 2.39. The Morgan fingerprint density at radius 3 is 2.76 bits per heavy atom. The van der Waals surface area contributed by atoms with E-state index in [4.69, 9.17) is 17.3 Å². The Hall–Kier alpha value is -3.05. The first-order valence-electron chi connectivity index (χ1n) is 12.3. The molecule has 0 bridgehead atoms. The number of hydrogen-bond acceptors (Lipinski definition) is 8. The maximum Gasteiger partial charge on any atom is 0.246 e. The van der Waals surface area contributed by atoms with E-state index in [2.05, 4.69) is 21.9 Å². The van der Waals surface area contributed by atoms with Gasteiger partial charge < -0.3 is 20.4 Å². The quantitative estimate of drug-likeness (QED) is 0.513. The Kier molecular flexibility index (Phi) is 7.71. The normalized spacial score (nSPS) is 19.8. The van der Waals surface area contributed by atoms with Crippen LogP contribution in [0.2, 0.25) is 4.34 Å². The Morgan fingerprint density at radius 2 is 2.00 bits per heavy atom. The number of anilines is 1. The van der Waals surface area contributed by atoms with Crippen molar-refractivity contribution in [2.45, 2.75) is 12.6 Å². The number of thiophene rings is 1. The molecule has 5 rings (SSSR count). The average Bonchev–Trinajstić information content (AvgIpc) is 3.30. The molecule has 37 heavy (non-hydrogen) atoms. The van der Waals surface area contributed by atoms with E-state index in [1.165, 1.54) is 17.7 Å². The van der Waals surface area contributed by atoms with Crippen LogP contribution >= 0.6 is 22.9 Å². The predicted molar refractivity (Wildman–Crippen MR) is 147 cm³/mol. The lowest BCUT2D eigenvalue weighted by atomic mass is 10.1. The molecule has 9 nitrogen and oxygen atoms in total. The van der Waals surface area contributed by atoms with Gasteiger partial charge in [0.25, 0.3) is 0 Å². The number of carbonyl (C=O) groups is 2. The average molecular weight is 540 g/mol. The van der Waals surface area contributed by atoms with E-state index in [9.17, 15) is 9.59 Å². The molecular formula is C26H30ClN7O2S. The summed E-state index contributed by atoms with van der Waals surface area (Å²) in [4.78, 5) is 44.5. The Morgan fingerprint density at radius 1 is 1.19 bits per heavy atom. The van der Waals surface area contributed by atoms with Crippen molar-refractivity contribution in [3.63, 3.8) is 0 Å². The minimum atomic E-state index is -0.555. The number of carbonyl (C=O) groups excluding carboxylic acids is 2. The SMILES string of the molecule is CN1CCN(C(=O)C2CN(CC=Cc3ccc(Cl)s3)CC(=O)N2Cc2ccc3c(N)ncnc3c2)CC1. The first-order chi connectivity index (χ1) is 17.9. The number of fused-ring (bicyclic) bond motifs is 1. The topological polar surface area (TPSA) is 98.9 Å². The molecule has 0 aliphatic carbocycles. The van der Waals surface area contributed by atoms with Gasteiger partial charge in [-0.15, -0.1) is 11.3 Å². The largest absolute Gasteiger partial charge is 0.383 e. The number of halogens is 1. The number of nitrogens with zero attached hydrogens (tertiary/aromatic N) is 6. The van der Waals surface area contributed by atoms with Gasteiger partial charge in [-0.3, -0.25) is 14.5 Å². The number of nitrogen functional groups attached to an aromatic ring is 1. The summed E-state index contributed by atoms with van der Waals surface area (Å²) < 4.78 is 0.740. The van der Waals surface area contributed by atoms with Crippen LogP contribution in [0, 0.1) is 0 Å². The zero-order valence-electron chi connectivity index (χ0n) is 20.7. The summed E-state index contributed by atoms with van der Waals surface area (Å²) in [5.41, 5.74) is 7.59. The molecule has 0 spiro atoms. The van der Waals surface area contributed by atoms with E-state index in [-0.39, 0.29) is 18.4 Å². The van der Waals surface area contributed by atoms with Crippen molar-refractivity contribution in [2.75, 3.05) is 58.6 Å². The number of benzene rings is 1. The molecular weight excluding hydrogens is 510 g/mol. The predicted octanol–water partition coefficient (Wildman–Crippen LogP) is 2.43. The van der Waals surface area contributed by atoms with Crippen LogP contribution in [0.25, 0.3) is 17.0 Å². The number of aromatic nitrogens is 2. The van der Waals surface area contributed by atoms with Crippen molar-refractivity contribution < 1.29 is 9.59 Å². The fourth-order valence-electron chi connectivity index (χ4n) is 4.80. The highest BCUT2D eigenvalue weighted by molar-refractivity contribution is 7.16. The van der Waals surface area contributed by atoms with Gasteiger partial charge in [-0.05, 0) is 43.0 Å². The Labute approximate surface area is 225 Å². The molecule has 1 atom stereocenters. The van der Waals surface area contributed by atoms with Gasteiger partial charge in [0, 0.05) is 56.1 Å². The van der Waals surface area contributed by atoms with E-state index in [0.717, 1.165) is 38.8 Å². The Bertz CT molecular complexity index is 1320.